The van der Waals surface area contributed by atoms with Crippen LogP contribution in [0.2, 0.25) is 0 Å². The number of nitrogens with one attached hydrogen (secondary N) is 2. The van der Waals surface area contributed by atoms with Crippen LogP contribution < -0.4 is 22.1 Å². The molecule has 1 heterocycles. The minimum Gasteiger partial charge on any atom is -0.370 e. The maximum atomic E-state index is 12.2. The second kappa shape index (κ2) is 10.7. The quantitative estimate of drug-likeness (QED) is 0.285. The molecule has 1 aliphatic rings. The Morgan fingerprint density at radius 2 is 2.04 bits per heavy atom. The van der Waals surface area contributed by atoms with E-state index in [1.807, 2.05) is 17.0 Å². The summed E-state index contributed by atoms with van der Waals surface area (Å²) in [5, 5.41) is 6.21. The standard InChI is InChI=1S/C18H31N7O/c1-21-18(20)23-16-5-2-4-15(12-16)14-24-8-10-25(11-9-24)17(26)13-22-7-3-6-19/h2,4-5,12,22H,3,6-11,13-14,19H2,1H3,(H3,20,21,23). The highest BCUT2D eigenvalue weighted by atomic mass is 16.2. The summed E-state index contributed by atoms with van der Waals surface area (Å²) < 4.78 is 0. The summed E-state index contributed by atoms with van der Waals surface area (Å²) in [5.41, 5.74) is 13.3. The second-order valence-electron chi connectivity index (χ2n) is 6.41. The van der Waals surface area contributed by atoms with Crippen LogP contribution in [0.4, 0.5) is 5.69 Å². The van der Waals surface area contributed by atoms with Gasteiger partial charge in [-0.3, -0.25) is 14.7 Å². The molecule has 0 saturated carbocycles. The van der Waals surface area contributed by atoms with Gasteiger partial charge < -0.3 is 27.0 Å². The number of anilines is 1. The summed E-state index contributed by atoms with van der Waals surface area (Å²) in [6.07, 6.45) is 0.894. The van der Waals surface area contributed by atoms with E-state index in [0.29, 0.717) is 19.0 Å². The molecule has 1 aliphatic heterocycles. The van der Waals surface area contributed by atoms with Gasteiger partial charge >= 0.3 is 0 Å². The van der Waals surface area contributed by atoms with Crippen LogP contribution in [-0.2, 0) is 11.3 Å². The molecule has 0 bridgehead atoms. The minimum absolute atomic E-state index is 0.169. The van der Waals surface area contributed by atoms with Gasteiger partial charge in [0.2, 0.25) is 5.91 Å². The fourth-order valence-corrected chi connectivity index (χ4v) is 2.90. The average molecular weight is 361 g/mol. The number of carbonyl (C=O) groups excluding carboxylic acids is 1. The van der Waals surface area contributed by atoms with Crippen molar-refractivity contribution in [2.45, 2.75) is 13.0 Å². The minimum atomic E-state index is 0.169. The summed E-state index contributed by atoms with van der Waals surface area (Å²) in [6, 6.07) is 8.16. The van der Waals surface area contributed by atoms with E-state index in [4.69, 9.17) is 11.5 Å². The number of guanidine groups is 1. The number of benzene rings is 1. The third-order valence-electron chi connectivity index (χ3n) is 4.41. The van der Waals surface area contributed by atoms with E-state index < -0.39 is 0 Å². The molecule has 0 radical (unpaired) electrons. The Balaban J connectivity index is 1.76. The maximum absolute atomic E-state index is 12.2. The van der Waals surface area contributed by atoms with Gasteiger partial charge in [0.05, 0.1) is 6.54 Å². The molecule has 0 aliphatic carbocycles. The molecule has 6 N–H and O–H groups in total. The van der Waals surface area contributed by atoms with Crippen LogP contribution in [0.15, 0.2) is 29.3 Å². The molecule has 8 nitrogen and oxygen atoms in total. The molecule has 1 amide bonds. The number of carbonyl (C=O) groups is 1. The fraction of sp³-hybridized carbons (Fsp3) is 0.556. The molecule has 0 atom stereocenters. The lowest BCUT2D eigenvalue weighted by Crippen LogP contribution is -2.50. The van der Waals surface area contributed by atoms with Crippen molar-refractivity contribution in [2.75, 3.05) is 58.2 Å². The first-order chi connectivity index (χ1) is 12.6. The molecule has 1 fully saturated rings. The van der Waals surface area contributed by atoms with Crippen molar-refractivity contribution in [3.05, 3.63) is 29.8 Å². The Morgan fingerprint density at radius 1 is 1.27 bits per heavy atom. The molecule has 0 unspecified atom stereocenters. The van der Waals surface area contributed by atoms with Gasteiger partial charge in [-0.1, -0.05) is 12.1 Å². The molecule has 1 aromatic rings. The van der Waals surface area contributed by atoms with Crippen LogP contribution in [0.1, 0.15) is 12.0 Å². The van der Waals surface area contributed by atoms with Crippen molar-refractivity contribution < 1.29 is 4.79 Å². The lowest BCUT2D eigenvalue weighted by molar-refractivity contribution is -0.132. The van der Waals surface area contributed by atoms with Crippen LogP contribution in [0.5, 0.6) is 0 Å². The summed E-state index contributed by atoms with van der Waals surface area (Å²) in [6.45, 7) is 5.99. The zero-order valence-corrected chi connectivity index (χ0v) is 15.6. The van der Waals surface area contributed by atoms with Crippen LogP contribution in [0.25, 0.3) is 0 Å². The average Bonchev–Trinajstić information content (AvgIpc) is 2.66. The predicted octanol–water partition coefficient (Wildman–Crippen LogP) is -0.374. The van der Waals surface area contributed by atoms with Crippen molar-refractivity contribution in [1.82, 2.24) is 15.1 Å². The number of piperazine rings is 1. The van der Waals surface area contributed by atoms with Gasteiger partial charge in [-0.2, -0.15) is 0 Å². The van der Waals surface area contributed by atoms with Crippen molar-refractivity contribution in [3.8, 4) is 0 Å². The zero-order valence-electron chi connectivity index (χ0n) is 15.6. The predicted molar refractivity (Wildman–Crippen MR) is 106 cm³/mol. The van der Waals surface area contributed by atoms with E-state index in [9.17, 15) is 4.79 Å². The summed E-state index contributed by atoms with van der Waals surface area (Å²) in [5.74, 6) is 0.566. The first kappa shape index (κ1) is 20.2. The Kier molecular flexibility index (Phi) is 8.33. The van der Waals surface area contributed by atoms with E-state index in [1.165, 1.54) is 5.56 Å². The molecule has 26 heavy (non-hydrogen) atoms. The van der Waals surface area contributed by atoms with Crippen LogP contribution in [0.3, 0.4) is 0 Å². The topological polar surface area (TPSA) is 112 Å². The third-order valence-corrected chi connectivity index (χ3v) is 4.41. The van der Waals surface area contributed by atoms with E-state index in [2.05, 4.69) is 32.7 Å². The highest BCUT2D eigenvalue weighted by Gasteiger charge is 2.20. The van der Waals surface area contributed by atoms with Gasteiger partial charge in [0.25, 0.3) is 0 Å². The first-order valence-electron chi connectivity index (χ1n) is 9.11. The normalized spacial score (nSPS) is 15.9. The van der Waals surface area contributed by atoms with Gasteiger partial charge in [-0.15, -0.1) is 0 Å². The van der Waals surface area contributed by atoms with Crippen molar-refractivity contribution >= 4 is 17.6 Å². The number of amides is 1. The largest absolute Gasteiger partial charge is 0.370 e. The lowest BCUT2D eigenvalue weighted by atomic mass is 10.1. The van der Waals surface area contributed by atoms with Gasteiger partial charge in [-0.25, -0.2) is 0 Å². The van der Waals surface area contributed by atoms with Crippen LogP contribution >= 0.6 is 0 Å². The zero-order chi connectivity index (χ0) is 18.8. The second-order valence-corrected chi connectivity index (χ2v) is 6.41. The fourth-order valence-electron chi connectivity index (χ4n) is 2.90. The van der Waals surface area contributed by atoms with Crippen LogP contribution in [-0.4, -0.2) is 74.5 Å². The Labute approximate surface area is 155 Å². The molecule has 0 spiro atoms. The molecule has 2 rings (SSSR count). The van der Waals surface area contributed by atoms with Crippen molar-refractivity contribution in [1.29, 1.82) is 0 Å². The first-order valence-corrected chi connectivity index (χ1v) is 9.11. The Bertz CT molecular complexity index is 597. The number of nitrogens with zero attached hydrogens (tertiary/aromatic N) is 3. The Morgan fingerprint density at radius 3 is 2.73 bits per heavy atom. The summed E-state index contributed by atoms with van der Waals surface area (Å²) >= 11 is 0. The van der Waals surface area contributed by atoms with Gasteiger partial charge in [-0.05, 0) is 37.2 Å². The SMILES string of the molecule is CN=C(N)Nc1cccc(CN2CCN(C(=O)CNCCCN)CC2)c1. The van der Waals surface area contributed by atoms with Gasteiger partial charge in [0.1, 0.15) is 0 Å². The number of aliphatic imine (C=N–C) groups is 1. The Hall–Kier alpha value is -2.16. The highest BCUT2D eigenvalue weighted by Crippen LogP contribution is 2.14. The molecule has 144 valence electrons. The lowest BCUT2D eigenvalue weighted by Gasteiger charge is -2.35. The highest BCUT2D eigenvalue weighted by molar-refractivity contribution is 5.92. The van der Waals surface area contributed by atoms with E-state index in [-0.39, 0.29) is 5.91 Å². The number of hydrogen-bond donors (Lipinski definition) is 4. The summed E-state index contributed by atoms with van der Waals surface area (Å²) in [7, 11) is 1.65. The van der Waals surface area contributed by atoms with Crippen LogP contribution in [0, 0.1) is 0 Å². The number of rotatable bonds is 8. The molecule has 0 aromatic heterocycles. The molecular weight excluding hydrogens is 330 g/mol. The molecule has 8 heteroatoms. The van der Waals surface area contributed by atoms with E-state index in [0.717, 1.165) is 51.4 Å². The van der Waals surface area contributed by atoms with E-state index >= 15 is 0 Å². The van der Waals surface area contributed by atoms with Crippen molar-refractivity contribution in [3.63, 3.8) is 0 Å². The molecule has 1 saturated heterocycles. The molecule has 1 aromatic carbocycles. The summed E-state index contributed by atoms with van der Waals surface area (Å²) in [4.78, 5) is 20.4. The third kappa shape index (κ3) is 6.62. The van der Waals surface area contributed by atoms with E-state index in [1.54, 1.807) is 7.05 Å². The van der Waals surface area contributed by atoms with Gasteiger partial charge in [0.15, 0.2) is 5.96 Å². The monoisotopic (exact) mass is 361 g/mol. The number of nitrogens with two attached hydrogens (primary N) is 2. The molecular formula is C18H31N7O. The number of hydrogen-bond acceptors (Lipinski definition) is 5. The maximum Gasteiger partial charge on any atom is 0.236 e. The smallest absolute Gasteiger partial charge is 0.236 e. The van der Waals surface area contributed by atoms with Gasteiger partial charge in [0, 0.05) is 45.5 Å². The van der Waals surface area contributed by atoms with Crippen molar-refractivity contribution in [2.24, 2.45) is 16.5 Å².